The maximum Gasteiger partial charge on any atom is 0.167 e. The Balaban J connectivity index is 2.31. The number of nitrogen functional groups attached to an aromatic ring is 1. The van der Waals surface area contributed by atoms with Crippen molar-refractivity contribution in [1.82, 2.24) is 4.98 Å². The smallest absolute Gasteiger partial charge is 0.167 e. The number of anilines is 1. The fourth-order valence-electron chi connectivity index (χ4n) is 1.33. The van der Waals surface area contributed by atoms with Gasteiger partial charge in [0, 0.05) is 27.3 Å². The summed E-state index contributed by atoms with van der Waals surface area (Å²) in [6.45, 7) is 0. The lowest BCUT2D eigenvalue weighted by Crippen LogP contribution is -1.94. The fourth-order valence-corrected chi connectivity index (χ4v) is 2.37. The summed E-state index contributed by atoms with van der Waals surface area (Å²) in [4.78, 5) is 4.93. The van der Waals surface area contributed by atoms with Gasteiger partial charge in [0.2, 0.25) is 0 Å². The van der Waals surface area contributed by atoms with Crippen LogP contribution >= 0.6 is 27.7 Å². The third-order valence-electron chi connectivity index (χ3n) is 2.20. The van der Waals surface area contributed by atoms with Gasteiger partial charge in [-0.05, 0) is 34.1 Å². The first-order valence-corrected chi connectivity index (χ1v) is 6.63. The molecule has 6 heteroatoms. The summed E-state index contributed by atoms with van der Waals surface area (Å²) in [7, 11) is 1.42. The van der Waals surface area contributed by atoms with Gasteiger partial charge in [-0.3, -0.25) is 0 Å². The van der Waals surface area contributed by atoms with Crippen molar-refractivity contribution in [2.75, 3.05) is 12.8 Å². The summed E-state index contributed by atoms with van der Waals surface area (Å²) in [5, 5.41) is 0.776. The zero-order valence-electron chi connectivity index (χ0n) is 9.48. The summed E-state index contributed by atoms with van der Waals surface area (Å²) < 4.78 is 19.2. The molecule has 2 aromatic rings. The highest BCUT2D eigenvalue weighted by Crippen LogP contribution is 2.35. The first kappa shape index (κ1) is 13.2. The van der Waals surface area contributed by atoms with Gasteiger partial charge in [0.25, 0.3) is 0 Å². The molecule has 0 aliphatic carbocycles. The Hall–Kier alpha value is -1.27. The highest BCUT2D eigenvalue weighted by Gasteiger charge is 2.10. The molecule has 0 aliphatic heterocycles. The SMILES string of the molecule is COc1cc(Sc2ccc(Br)cn2)c(N)cc1F. The molecule has 2 rings (SSSR count). The quantitative estimate of drug-likeness (QED) is 0.872. The van der Waals surface area contributed by atoms with Crippen LogP contribution in [0.1, 0.15) is 0 Å². The molecule has 0 saturated carbocycles. The first-order valence-electron chi connectivity index (χ1n) is 5.02. The number of nitrogens with zero attached hydrogens (tertiary/aromatic N) is 1. The Morgan fingerprint density at radius 1 is 1.39 bits per heavy atom. The maximum absolute atomic E-state index is 13.4. The van der Waals surface area contributed by atoms with Gasteiger partial charge in [-0.1, -0.05) is 11.8 Å². The second kappa shape index (κ2) is 5.58. The van der Waals surface area contributed by atoms with Gasteiger partial charge in [-0.2, -0.15) is 0 Å². The molecular formula is C12H10BrFN2OS. The average Bonchev–Trinajstić information content (AvgIpc) is 2.35. The van der Waals surface area contributed by atoms with Crippen LogP contribution in [0, 0.1) is 5.82 Å². The van der Waals surface area contributed by atoms with Crippen molar-refractivity contribution in [2.24, 2.45) is 0 Å². The molecule has 0 radical (unpaired) electrons. The molecule has 0 bridgehead atoms. The van der Waals surface area contributed by atoms with Crippen molar-refractivity contribution in [3.63, 3.8) is 0 Å². The van der Waals surface area contributed by atoms with Crippen LogP contribution in [0.3, 0.4) is 0 Å². The van der Waals surface area contributed by atoms with E-state index in [2.05, 4.69) is 20.9 Å². The molecule has 94 valence electrons. The molecule has 3 nitrogen and oxygen atoms in total. The lowest BCUT2D eigenvalue weighted by Gasteiger charge is -2.08. The van der Waals surface area contributed by atoms with Gasteiger partial charge in [0.15, 0.2) is 11.6 Å². The number of aromatic nitrogens is 1. The summed E-state index contributed by atoms with van der Waals surface area (Å²) >= 11 is 4.67. The molecule has 0 saturated heterocycles. The number of hydrogen-bond acceptors (Lipinski definition) is 4. The molecule has 0 fully saturated rings. The van der Waals surface area contributed by atoms with Gasteiger partial charge >= 0.3 is 0 Å². The maximum atomic E-state index is 13.4. The molecule has 0 spiro atoms. The van der Waals surface area contributed by atoms with Crippen LogP contribution in [0.15, 0.2) is 44.9 Å². The molecular weight excluding hydrogens is 319 g/mol. The van der Waals surface area contributed by atoms with E-state index in [4.69, 9.17) is 10.5 Å². The summed E-state index contributed by atoms with van der Waals surface area (Å²) in [6.07, 6.45) is 1.69. The highest BCUT2D eigenvalue weighted by molar-refractivity contribution is 9.10. The number of ether oxygens (including phenoxy) is 1. The van der Waals surface area contributed by atoms with Gasteiger partial charge in [0.05, 0.1) is 7.11 Å². The fraction of sp³-hybridized carbons (Fsp3) is 0.0833. The molecule has 0 aliphatic rings. The van der Waals surface area contributed by atoms with Crippen LogP contribution in [0.4, 0.5) is 10.1 Å². The summed E-state index contributed by atoms with van der Waals surface area (Å²) in [5.74, 6) is -0.299. The van der Waals surface area contributed by atoms with E-state index in [1.54, 1.807) is 12.3 Å². The largest absolute Gasteiger partial charge is 0.494 e. The number of nitrogens with two attached hydrogens (primary N) is 1. The van der Waals surface area contributed by atoms with Crippen LogP contribution in [0.2, 0.25) is 0 Å². The van der Waals surface area contributed by atoms with Crippen LogP contribution < -0.4 is 10.5 Å². The molecule has 1 aromatic carbocycles. The Morgan fingerprint density at radius 3 is 2.78 bits per heavy atom. The molecule has 1 heterocycles. The van der Waals surface area contributed by atoms with E-state index in [9.17, 15) is 4.39 Å². The monoisotopic (exact) mass is 328 g/mol. The third kappa shape index (κ3) is 2.94. The Kier molecular flexibility index (Phi) is 4.08. The number of halogens is 2. The van der Waals surface area contributed by atoms with Gasteiger partial charge in [-0.25, -0.2) is 9.37 Å². The highest BCUT2D eigenvalue weighted by atomic mass is 79.9. The number of rotatable bonds is 3. The number of hydrogen-bond donors (Lipinski definition) is 1. The zero-order valence-corrected chi connectivity index (χ0v) is 11.9. The number of pyridine rings is 1. The topological polar surface area (TPSA) is 48.1 Å². The Bertz CT molecular complexity index is 563. The zero-order chi connectivity index (χ0) is 13.1. The van der Waals surface area contributed by atoms with E-state index < -0.39 is 5.82 Å². The van der Waals surface area contributed by atoms with Gasteiger partial charge in [0.1, 0.15) is 5.03 Å². The van der Waals surface area contributed by atoms with Crippen molar-refractivity contribution in [2.45, 2.75) is 9.92 Å². The van der Waals surface area contributed by atoms with E-state index in [1.807, 2.05) is 12.1 Å². The van der Waals surface area contributed by atoms with Crippen molar-refractivity contribution < 1.29 is 9.13 Å². The summed E-state index contributed by atoms with van der Waals surface area (Å²) in [5.41, 5.74) is 6.13. The lowest BCUT2D eigenvalue weighted by atomic mass is 10.3. The van der Waals surface area contributed by atoms with E-state index in [1.165, 1.54) is 24.9 Å². The second-order valence-electron chi connectivity index (χ2n) is 3.44. The van der Waals surface area contributed by atoms with Crippen LogP contribution in [0.5, 0.6) is 5.75 Å². The second-order valence-corrected chi connectivity index (χ2v) is 5.42. The van der Waals surface area contributed by atoms with Gasteiger partial charge in [-0.15, -0.1) is 0 Å². The predicted octanol–water partition coefficient (Wildman–Crippen LogP) is 3.73. The van der Waals surface area contributed by atoms with Crippen LogP contribution in [-0.2, 0) is 0 Å². The van der Waals surface area contributed by atoms with Crippen molar-refractivity contribution in [3.8, 4) is 5.75 Å². The molecule has 2 N–H and O–H groups in total. The van der Waals surface area contributed by atoms with E-state index in [-0.39, 0.29) is 5.75 Å². The van der Waals surface area contributed by atoms with Crippen LogP contribution in [0.25, 0.3) is 0 Å². The van der Waals surface area contributed by atoms with Gasteiger partial charge < -0.3 is 10.5 Å². The normalized spacial score (nSPS) is 10.4. The van der Waals surface area contributed by atoms with E-state index in [0.717, 1.165) is 9.50 Å². The molecule has 1 aromatic heterocycles. The minimum Gasteiger partial charge on any atom is -0.494 e. The molecule has 0 atom stereocenters. The van der Waals surface area contributed by atoms with E-state index in [0.29, 0.717) is 10.6 Å². The lowest BCUT2D eigenvalue weighted by molar-refractivity contribution is 0.385. The first-order chi connectivity index (χ1) is 8.60. The van der Waals surface area contributed by atoms with Crippen molar-refractivity contribution in [1.29, 1.82) is 0 Å². The van der Waals surface area contributed by atoms with E-state index >= 15 is 0 Å². The Labute approximate surface area is 117 Å². The Morgan fingerprint density at radius 2 is 2.17 bits per heavy atom. The summed E-state index contributed by atoms with van der Waals surface area (Å²) in [6, 6.07) is 6.55. The molecule has 18 heavy (non-hydrogen) atoms. The average molecular weight is 329 g/mol. The number of methoxy groups -OCH3 is 1. The third-order valence-corrected chi connectivity index (χ3v) is 3.69. The minimum atomic E-state index is -0.469. The molecule has 0 unspecified atom stereocenters. The minimum absolute atomic E-state index is 0.170. The predicted molar refractivity (Wildman–Crippen MR) is 73.4 cm³/mol. The van der Waals surface area contributed by atoms with Crippen molar-refractivity contribution >= 4 is 33.4 Å². The number of benzene rings is 1. The molecule has 0 amide bonds. The standard InChI is InChI=1S/C12H10BrFN2OS/c1-17-10-5-11(9(15)4-8(10)14)18-12-3-2-7(13)6-16-12/h2-6H,15H2,1H3. The van der Waals surface area contributed by atoms with Crippen molar-refractivity contribution in [3.05, 3.63) is 40.8 Å². The van der Waals surface area contributed by atoms with Crippen LogP contribution in [-0.4, -0.2) is 12.1 Å².